The summed E-state index contributed by atoms with van der Waals surface area (Å²) in [5, 5.41) is 9.48. The van der Waals surface area contributed by atoms with Crippen molar-refractivity contribution in [1.82, 2.24) is 16.0 Å². The lowest BCUT2D eigenvalue weighted by molar-refractivity contribution is -0.117. The largest absolute Gasteiger partial charge is 0.368 e. The molecule has 5 N–H and O–H groups in total. The topological polar surface area (TPSA) is 109 Å². The van der Waals surface area contributed by atoms with Gasteiger partial charge in [-0.05, 0) is 36.8 Å². The van der Waals surface area contributed by atoms with Gasteiger partial charge < -0.3 is 21.7 Å². The van der Waals surface area contributed by atoms with Gasteiger partial charge in [0.2, 0.25) is 5.91 Å². The molecule has 7 nitrogen and oxygen atoms in total. The number of amides is 2. The lowest BCUT2D eigenvalue weighted by Gasteiger charge is -2.15. The predicted molar refractivity (Wildman–Crippen MR) is 123 cm³/mol. The molecule has 2 amide bonds. The lowest BCUT2D eigenvalue weighted by Crippen LogP contribution is -2.40. The van der Waals surface area contributed by atoms with Crippen molar-refractivity contribution in [1.29, 1.82) is 0 Å². The average Bonchev–Trinajstić information content (AvgIpc) is 2.75. The van der Waals surface area contributed by atoms with Gasteiger partial charge in [0.05, 0.1) is 13.1 Å². The first-order chi connectivity index (χ1) is 14.5. The molecule has 0 heterocycles. The SMILES string of the molecule is CCNC(=NCc1ccc(C(=O)NCC(N)=O)cc1)NCC(C)Sc1ccccc1. The van der Waals surface area contributed by atoms with E-state index in [0.29, 0.717) is 17.4 Å². The van der Waals surface area contributed by atoms with Crippen LogP contribution in [0, 0.1) is 0 Å². The predicted octanol–water partition coefficient (Wildman–Crippen LogP) is 2.14. The smallest absolute Gasteiger partial charge is 0.251 e. The number of nitrogens with two attached hydrogens (primary N) is 1. The van der Waals surface area contributed by atoms with Crippen LogP contribution in [0.3, 0.4) is 0 Å². The fraction of sp³-hybridized carbons (Fsp3) is 0.318. The number of hydrogen-bond donors (Lipinski definition) is 4. The molecular weight excluding hydrogens is 398 g/mol. The van der Waals surface area contributed by atoms with Gasteiger partial charge in [0.25, 0.3) is 5.91 Å². The molecule has 0 saturated carbocycles. The lowest BCUT2D eigenvalue weighted by atomic mass is 10.1. The van der Waals surface area contributed by atoms with Gasteiger partial charge in [-0.25, -0.2) is 4.99 Å². The quantitative estimate of drug-likeness (QED) is 0.264. The van der Waals surface area contributed by atoms with E-state index in [9.17, 15) is 9.59 Å². The second kappa shape index (κ2) is 12.5. The third-order valence-electron chi connectivity index (χ3n) is 4.04. The zero-order chi connectivity index (χ0) is 21.8. The highest BCUT2D eigenvalue weighted by Crippen LogP contribution is 2.21. The maximum Gasteiger partial charge on any atom is 0.251 e. The number of nitrogens with zero attached hydrogens (tertiary/aromatic N) is 1. The summed E-state index contributed by atoms with van der Waals surface area (Å²) in [7, 11) is 0. The highest BCUT2D eigenvalue weighted by atomic mass is 32.2. The van der Waals surface area contributed by atoms with Crippen molar-refractivity contribution in [3.63, 3.8) is 0 Å². The van der Waals surface area contributed by atoms with Gasteiger partial charge in [0.15, 0.2) is 5.96 Å². The van der Waals surface area contributed by atoms with Gasteiger partial charge in [-0.1, -0.05) is 37.3 Å². The first-order valence-electron chi connectivity index (χ1n) is 9.87. The Bertz CT molecular complexity index is 840. The van der Waals surface area contributed by atoms with Crippen LogP contribution in [0.1, 0.15) is 29.8 Å². The molecule has 0 radical (unpaired) electrons. The number of rotatable bonds is 10. The minimum absolute atomic E-state index is 0.177. The van der Waals surface area contributed by atoms with Crippen molar-refractivity contribution >= 4 is 29.5 Å². The molecule has 0 aromatic heterocycles. The molecule has 1 atom stereocenters. The van der Waals surface area contributed by atoms with E-state index >= 15 is 0 Å². The van der Waals surface area contributed by atoms with E-state index in [1.165, 1.54) is 4.90 Å². The third-order valence-corrected chi connectivity index (χ3v) is 5.15. The molecule has 0 bridgehead atoms. The Hall–Kier alpha value is -3.00. The summed E-state index contributed by atoms with van der Waals surface area (Å²) in [4.78, 5) is 28.5. The molecule has 0 aliphatic heterocycles. The standard InChI is InChI=1S/C22H29N5O2S/c1-3-24-22(26-13-16(2)30-19-7-5-4-6-8-19)27-14-17-9-11-18(12-10-17)21(29)25-15-20(23)28/h4-12,16H,3,13-15H2,1-2H3,(H2,23,28)(H,25,29)(H2,24,26,27). The number of carbonyl (C=O) groups excluding carboxylic acids is 2. The van der Waals surface area contributed by atoms with Crippen molar-refractivity contribution < 1.29 is 9.59 Å². The average molecular weight is 428 g/mol. The monoisotopic (exact) mass is 427 g/mol. The molecular formula is C22H29N5O2S. The minimum Gasteiger partial charge on any atom is -0.368 e. The van der Waals surface area contributed by atoms with Crippen molar-refractivity contribution in [3.8, 4) is 0 Å². The molecule has 1 unspecified atom stereocenters. The Balaban J connectivity index is 1.87. The highest BCUT2D eigenvalue weighted by Gasteiger charge is 2.07. The molecule has 2 aromatic rings. The highest BCUT2D eigenvalue weighted by molar-refractivity contribution is 8.00. The first kappa shape index (κ1) is 23.3. The summed E-state index contributed by atoms with van der Waals surface area (Å²) in [6.45, 7) is 6.06. The molecule has 2 rings (SSSR count). The summed E-state index contributed by atoms with van der Waals surface area (Å²) >= 11 is 1.82. The molecule has 0 saturated heterocycles. The van der Waals surface area contributed by atoms with Gasteiger partial charge in [-0.15, -0.1) is 11.8 Å². The van der Waals surface area contributed by atoms with Crippen LogP contribution in [0.5, 0.6) is 0 Å². The Morgan fingerprint density at radius 1 is 1.03 bits per heavy atom. The van der Waals surface area contributed by atoms with E-state index in [4.69, 9.17) is 5.73 Å². The Kier molecular flexibility index (Phi) is 9.73. The molecule has 0 aliphatic rings. The van der Waals surface area contributed by atoms with Gasteiger partial charge >= 0.3 is 0 Å². The molecule has 160 valence electrons. The molecule has 0 fully saturated rings. The molecule has 0 spiro atoms. The van der Waals surface area contributed by atoms with Crippen molar-refractivity contribution in [2.24, 2.45) is 10.7 Å². The number of aliphatic imine (C=N–C) groups is 1. The summed E-state index contributed by atoms with van der Waals surface area (Å²) in [5.74, 6) is -0.153. The summed E-state index contributed by atoms with van der Waals surface area (Å²) in [6, 6.07) is 17.4. The van der Waals surface area contributed by atoms with Crippen molar-refractivity contribution in [3.05, 3.63) is 65.7 Å². The van der Waals surface area contributed by atoms with E-state index in [2.05, 4.69) is 40.0 Å². The number of hydrogen-bond acceptors (Lipinski definition) is 4. The van der Waals surface area contributed by atoms with Crippen LogP contribution in [0.15, 0.2) is 64.5 Å². The number of guanidine groups is 1. The van der Waals surface area contributed by atoms with Crippen LogP contribution in [-0.2, 0) is 11.3 Å². The van der Waals surface area contributed by atoms with E-state index < -0.39 is 5.91 Å². The van der Waals surface area contributed by atoms with Crippen LogP contribution < -0.4 is 21.7 Å². The Morgan fingerprint density at radius 2 is 1.73 bits per heavy atom. The zero-order valence-electron chi connectivity index (χ0n) is 17.4. The molecule has 30 heavy (non-hydrogen) atoms. The third kappa shape index (κ3) is 8.57. The number of primary amides is 1. The fourth-order valence-electron chi connectivity index (χ4n) is 2.56. The minimum atomic E-state index is -0.575. The van der Waals surface area contributed by atoms with E-state index in [0.717, 1.165) is 24.6 Å². The number of carbonyl (C=O) groups is 2. The molecule has 2 aromatic carbocycles. The maximum atomic E-state index is 11.9. The molecule has 0 aliphatic carbocycles. The fourth-order valence-corrected chi connectivity index (χ4v) is 3.50. The van der Waals surface area contributed by atoms with Crippen LogP contribution in [0.4, 0.5) is 0 Å². The van der Waals surface area contributed by atoms with Gasteiger partial charge in [-0.3, -0.25) is 9.59 Å². The zero-order valence-corrected chi connectivity index (χ0v) is 18.2. The van der Waals surface area contributed by atoms with Crippen molar-refractivity contribution in [2.75, 3.05) is 19.6 Å². The number of nitrogens with one attached hydrogen (secondary N) is 3. The second-order valence-electron chi connectivity index (χ2n) is 6.66. The normalized spacial score (nSPS) is 12.1. The Labute approximate surface area is 181 Å². The number of thioether (sulfide) groups is 1. The second-order valence-corrected chi connectivity index (χ2v) is 8.18. The van der Waals surface area contributed by atoms with Crippen LogP contribution in [0.2, 0.25) is 0 Å². The van der Waals surface area contributed by atoms with Crippen LogP contribution in [-0.4, -0.2) is 42.7 Å². The summed E-state index contributed by atoms with van der Waals surface area (Å²) in [5.41, 5.74) is 6.49. The first-order valence-corrected chi connectivity index (χ1v) is 10.7. The van der Waals surface area contributed by atoms with E-state index in [-0.39, 0.29) is 12.5 Å². The molecule has 8 heteroatoms. The number of benzene rings is 2. The Morgan fingerprint density at radius 3 is 2.37 bits per heavy atom. The van der Waals surface area contributed by atoms with Crippen LogP contribution >= 0.6 is 11.8 Å². The summed E-state index contributed by atoms with van der Waals surface area (Å²) in [6.07, 6.45) is 0. The van der Waals surface area contributed by atoms with Crippen molar-refractivity contribution in [2.45, 2.75) is 30.5 Å². The van der Waals surface area contributed by atoms with Crippen LogP contribution in [0.25, 0.3) is 0 Å². The van der Waals surface area contributed by atoms with Gasteiger partial charge in [-0.2, -0.15) is 0 Å². The van der Waals surface area contributed by atoms with Gasteiger partial charge in [0.1, 0.15) is 0 Å². The van der Waals surface area contributed by atoms with Gasteiger partial charge in [0, 0.05) is 28.8 Å². The van der Waals surface area contributed by atoms with E-state index in [1.807, 2.05) is 49.0 Å². The summed E-state index contributed by atoms with van der Waals surface area (Å²) < 4.78 is 0. The van der Waals surface area contributed by atoms with E-state index in [1.54, 1.807) is 12.1 Å². The maximum absolute atomic E-state index is 11.9.